The van der Waals surface area contributed by atoms with Crippen LogP contribution in [0.4, 0.5) is 0 Å². The molecule has 0 spiro atoms. The summed E-state index contributed by atoms with van der Waals surface area (Å²) in [5.74, 6) is 0.799. The molecule has 0 aliphatic carbocycles. The second kappa shape index (κ2) is 11.7. The Hall–Kier alpha value is -3.77. The lowest BCUT2D eigenvalue weighted by Crippen LogP contribution is -2.11. The summed E-state index contributed by atoms with van der Waals surface area (Å²) in [6.07, 6.45) is 1.70. The van der Waals surface area contributed by atoms with Crippen molar-refractivity contribution in [2.45, 2.75) is 6.54 Å². The van der Waals surface area contributed by atoms with Crippen molar-refractivity contribution in [3.05, 3.63) is 129 Å². The molecule has 38 heavy (non-hydrogen) atoms. The lowest BCUT2D eigenvalue weighted by Gasteiger charge is -2.13. The molecule has 0 saturated heterocycles. The van der Waals surface area contributed by atoms with E-state index in [0.29, 0.717) is 45.4 Å². The fraction of sp³-hybridized carbons (Fsp3) is 0.0667. The molecule has 0 N–H and O–H groups in total. The van der Waals surface area contributed by atoms with Crippen LogP contribution >= 0.6 is 34.8 Å². The maximum Gasteiger partial charge on any atom is 0.345 e. The smallest absolute Gasteiger partial charge is 0.345 e. The van der Waals surface area contributed by atoms with Crippen molar-refractivity contribution in [1.82, 2.24) is 9.55 Å². The highest BCUT2D eigenvalue weighted by atomic mass is 35.5. The van der Waals surface area contributed by atoms with Crippen molar-refractivity contribution in [2.24, 2.45) is 0 Å². The summed E-state index contributed by atoms with van der Waals surface area (Å²) in [4.78, 5) is 17.9. The molecule has 0 radical (unpaired) electrons. The van der Waals surface area contributed by atoms with E-state index in [1.165, 1.54) is 0 Å². The molecule has 5 nitrogen and oxygen atoms in total. The number of para-hydroxylation sites is 3. The number of fused-ring (bicyclic) bond motifs is 1. The summed E-state index contributed by atoms with van der Waals surface area (Å²) in [6, 6.07) is 28.9. The summed E-state index contributed by atoms with van der Waals surface area (Å²) in [7, 11) is 0. The van der Waals surface area contributed by atoms with Gasteiger partial charge in [-0.1, -0.05) is 83.3 Å². The number of nitrogens with zero attached hydrogens (tertiary/aromatic N) is 2. The highest BCUT2D eigenvalue weighted by Crippen LogP contribution is 2.30. The van der Waals surface area contributed by atoms with Crippen LogP contribution in [0.5, 0.6) is 5.75 Å². The molecule has 0 atom stereocenters. The minimum Gasteiger partial charge on any atom is -0.490 e. The average Bonchev–Trinajstić information content (AvgIpc) is 3.27. The first-order valence-corrected chi connectivity index (χ1v) is 12.9. The van der Waals surface area contributed by atoms with E-state index >= 15 is 0 Å². The van der Waals surface area contributed by atoms with E-state index in [0.717, 1.165) is 11.0 Å². The number of carbonyl (C=O) groups is 1. The van der Waals surface area contributed by atoms with Crippen LogP contribution in [0, 0.1) is 0 Å². The van der Waals surface area contributed by atoms with Crippen LogP contribution in [-0.4, -0.2) is 22.1 Å². The number of benzene rings is 4. The van der Waals surface area contributed by atoms with Crippen molar-refractivity contribution in [3.8, 4) is 5.75 Å². The topological polar surface area (TPSA) is 53.3 Å². The number of carbonyl (C=O) groups excluding carboxylic acids is 1. The quantitative estimate of drug-likeness (QED) is 0.140. The van der Waals surface area contributed by atoms with Gasteiger partial charge >= 0.3 is 5.97 Å². The van der Waals surface area contributed by atoms with Gasteiger partial charge in [0.1, 0.15) is 23.9 Å². The first-order chi connectivity index (χ1) is 18.5. The summed E-state index contributed by atoms with van der Waals surface area (Å²) in [5, 5.41) is 1.26. The Morgan fingerprint density at radius 3 is 2.08 bits per heavy atom. The second-order valence-electron chi connectivity index (χ2n) is 8.25. The molecular formula is C30H21Cl3N2O3. The van der Waals surface area contributed by atoms with Gasteiger partial charge in [-0.3, -0.25) is 0 Å². The third kappa shape index (κ3) is 5.70. The van der Waals surface area contributed by atoms with E-state index in [4.69, 9.17) is 49.3 Å². The monoisotopic (exact) mass is 562 g/mol. The SMILES string of the molecule is O=C(O/C(=C\c1nc2ccccc2n1CCOc1ccccc1Cl)c1ccccc1Cl)c1ccccc1Cl. The highest BCUT2D eigenvalue weighted by Gasteiger charge is 2.19. The Morgan fingerprint density at radius 2 is 1.37 bits per heavy atom. The zero-order valence-corrected chi connectivity index (χ0v) is 22.3. The Morgan fingerprint density at radius 1 is 0.763 bits per heavy atom. The van der Waals surface area contributed by atoms with Crippen LogP contribution in [0.1, 0.15) is 21.7 Å². The fourth-order valence-corrected chi connectivity index (χ4v) is 4.60. The summed E-state index contributed by atoms with van der Waals surface area (Å²) < 4.78 is 13.8. The maximum absolute atomic E-state index is 13.1. The van der Waals surface area contributed by atoms with Gasteiger partial charge in [0.15, 0.2) is 0 Å². The zero-order valence-electron chi connectivity index (χ0n) is 20.0. The molecule has 4 aromatic carbocycles. The van der Waals surface area contributed by atoms with Crippen molar-refractivity contribution >= 4 is 63.6 Å². The Bertz CT molecular complexity index is 1650. The molecule has 5 aromatic rings. The third-order valence-corrected chi connectivity index (χ3v) is 6.76. The summed E-state index contributed by atoms with van der Waals surface area (Å²) in [6.45, 7) is 0.803. The molecule has 0 aliphatic rings. The van der Waals surface area contributed by atoms with Crippen LogP contribution < -0.4 is 4.74 Å². The number of ether oxygens (including phenoxy) is 2. The minimum atomic E-state index is -0.605. The van der Waals surface area contributed by atoms with Crippen LogP contribution in [0.25, 0.3) is 22.9 Å². The van der Waals surface area contributed by atoms with Crippen LogP contribution in [-0.2, 0) is 11.3 Å². The predicted octanol–water partition coefficient (Wildman–Crippen LogP) is 8.43. The van der Waals surface area contributed by atoms with Gasteiger partial charge in [-0.05, 0) is 48.5 Å². The minimum absolute atomic E-state index is 0.240. The number of hydrogen-bond acceptors (Lipinski definition) is 4. The van der Waals surface area contributed by atoms with Crippen molar-refractivity contribution in [3.63, 3.8) is 0 Å². The van der Waals surface area contributed by atoms with E-state index < -0.39 is 5.97 Å². The van der Waals surface area contributed by atoms with Crippen LogP contribution in [0.15, 0.2) is 97.1 Å². The van der Waals surface area contributed by atoms with E-state index in [2.05, 4.69) is 0 Å². The van der Waals surface area contributed by atoms with Gasteiger partial charge < -0.3 is 14.0 Å². The van der Waals surface area contributed by atoms with Gasteiger partial charge in [0, 0.05) is 11.6 Å². The second-order valence-corrected chi connectivity index (χ2v) is 9.47. The Labute approximate surface area is 234 Å². The van der Waals surface area contributed by atoms with Gasteiger partial charge in [0.2, 0.25) is 0 Å². The first-order valence-electron chi connectivity index (χ1n) is 11.8. The largest absolute Gasteiger partial charge is 0.490 e. The predicted molar refractivity (Wildman–Crippen MR) is 153 cm³/mol. The number of imidazole rings is 1. The van der Waals surface area contributed by atoms with Gasteiger partial charge in [0.05, 0.1) is 38.2 Å². The Kier molecular flexibility index (Phi) is 7.99. The Balaban J connectivity index is 1.54. The third-order valence-electron chi connectivity index (χ3n) is 5.79. The van der Waals surface area contributed by atoms with Crippen molar-refractivity contribution in [1.29, 1.82) is 0 Å². The van der Waals surface area contributed by atoms with Crippen molar-refractivity contribution < 1.29 is 14.3 Å². The number of hydrogen-bond donors (Lipinski definition) is 0. The highest BCUT2D eigenvalue weighted by molar-refractivity contribution is 6.34. The van der Waals surface area contributed by atoms with Gasteiger partial charge in [0.25, 0.3) is 0 Å². The number of aromatic nitrogens is 2. The standard InChI is InChI=1S/C30H21Cl3N2O3/c31-22-11-3-1-9-20(22)28(38-30(36)21-10-2-4-12-23(21)32)19-29-34-25-14-6-7-15-26(25)35(29)17-18-37-27-16-8-5-13-24(27)33/h1-16,19H,17-18H2/b28-19-. The molecule has 0 aliphatic heterocycles. The molecule has 1 heterocycles. The summed E-state index contributed by atoms with van der Waals surface area (Å²) >= 11 is 19.0. The zero-order chi connectivity index (χ0) is 26.5. The van der Waals surface area contributed by atoms with E-state index in [9.17, 15) is 4.79 Å². The molecule has 190 valence electrons. The van der Waals surface area contributed by atoms with Gasteiger partial charge in [-0.15, -0.1) is 0 Å². The lowest BCUT2D eigenvalue weighted by atomic mass is 10.1. The van der Waals surface area contributed by atoms with E-state index in [1.54, 1.807) is 54.6 Å². The normalized spacial score (nSPS) is 11.5. The molecule has 0 bridgehead atoms. The fourth-order valence-electron chi connectivity index (χ4n) is 3.97. The number of rotatable bonds is 8. The molecule has 0 amide bonds. The lowest BCUT2D eigenvalue weighted by molar-refractivity contribution is 0.0694. The van der Waals surface area contributed by atoms with Crippen LogP contribution in [0.3, 0.4) is 0 Å². The van der Waals surface area contributed by atoms with Gasteiger partial charge in [-0.2, -0.15) is 0 Å². The van der Waals surface area contributed by atoms with Gasteiger partial charge in [-0.25, -0.2) is 9.78 Å². The molecule has 0 saturated carbocycles. The number of esters is 1. The molecular weight excluding hydrogens is 543 g/mol. The molecule has 5 rings (SSSR count). The van der Waals surface area contributed by atoms with Crippen LogP contribution in [0.2, 0.25) is 15.1 Å². The van der Waals surface area contributed by atoms with Crippen molar-refractivity contribution in [2.75, 3.05) is 6.61 Å². The van der Waals surface area contributed by atoms with E-state index in [1.807, 2.05) is 53.1 Å². The number of halogens is 3. The summed E-state index contributed by atoms with van der Waals surface area (Å²) in [5.41, 5.74) is 2.47. The molecule has 8 heteroatoms. The molecule has 0 fully saturated rings. The van der Waals surface area contributed by atoms with E-state index in [-0.39, 0.29) is 11.3 Å². The molecule has 1 aromatic heterocycles. The average molecular weight is 564 g/mol. The first kappa shape index (κ1) is 25.9. The molecule has 0 unspecified atom stereocenters. The maximum atomic E-state index is 13.1.